The van der Waals surface area contributed by atoms with Crippen molar-refractivity contribution in [3.05, 3.63) is 0 Å². The van der Waals surface area contributed by atoms with Gasteiger partial charge in [-0.2, -0.15) is 0 Å². The van der Waals surface area contributed by atoms with E-state index in [1.807, 2.05) is 0 Å². The number of urea groups is 1. The van der Waals surface area contributed by atoms with Crippen LogP contribution in [0.1, 0.15) is 26.7 Å². The first-order valence-corrected chi connectivity index (χ1v) is 6.91. The average Bonchev–Trinajstić information content (AvgIpc) is 3.18. The maximum atomic E-state index is 11.8. The Balaban J connectivity index is 2.20. The van der Waals surface area contributed by atoms with E-state index in [9.17, 15) is 9.59 Å². The normalized spacial score (nSPS) is 16.2. The molecule has 6 nitrogen and oxygen atoms in total. The predicted octanol–water partition coefficient (Wildman–Crippen LogP) is 0.833. The van der Waals surface area contributed by atoms with Crippen molar-refractivity contribution in [3.63, 3.8) is 0 Å². The summed E-state index contributed by atoms with van der Waals surface area (Å²) >= 11 is 0. The van der Waals surface area contributed by atoms with E-state index in [2.05, 4.69) is 17.1 Å². The first-order chi connectivity index (χ1) is 8.95. The van der Waals surface area contributed by atoms with Crippen molar-refractivity contribution < 1.29 is 14.7 Å². The van der Waals surface area contributed by atoms with Gasteiger partial charge >= 0.3 is 12.0 Å². The lowest BCUT2D eigenvalue weighted by atomic mass is 10.2. The standard InChI is InChI=1S/C13H25N3O3/c1-4-16(11-5-6-11)8-7-14-13(19)15(3)9-10(2)12(17)18/h10-11H,4-9H2,1-3H3,(H,14,19)(H,17,18). The number of aliphatic carboxylic acids is 1. The summed E-state index contributed by atoms with van der Waals surface area (Å²) in [6, 6.07) is 0.492. The molecule has 1 saturated carbocycles. The molecule has 0 radical (unpaired) electrons. The first-order valence-electron chi connectivity index (χ1n) is 6.91. The Morgan fingerprint density at radius 2 is 2.05 bits per heavy atom. The third-order valence-corrected chi connectivity index (χ3v) is 3.46. The van der Waals surface area contributed by atoms with Crippen molar-refractivity contribution in [2.24, 2.45) is 5.92 Å². The maximum absolute atomic E-state index is 11.8. The van der Waals surface area contributed by atoms with E-state index >= 15 is 0 Å². The fourth-order valence-corrected chi connectivity index (χ4v) is 2.05. The zero-order valence-corrected chi connectivity index (χ0v) is 12.1. The minimum absolute atomic E-state index is 0.208. The van der Waals surface area contributed by atoms with Crippen LogP contribution in [0, 0.1) is 5.92 Å². The molecule has 1 aliphatic rings. The van der Waals surface area contributed by atoms with Crippen LogP contribution in [0.15, 0.2) is 0 Å². The van der Waals surface area contributed by atoms with Crippen LogP contribution < -0.4 is 5.32 Å². The van der Waals surface area contributed by atoms with Gasteiger partial charge in [-0.1, -0.05) is 13.8 Å². The second kappa shape index (κ2) is 7.33. The van der Waals surface area contributed by atoms with Crippen LogP contribution in [0.2, 0.25) is 0 Å². The average molecular weight is 271 g/mol. The number of carbonyl (C=O) groups excluding carboxylic acids is 1. The number of carboxylic acid groups (broad SMARTS) is 1. The second-order valence-corrected chi connectivity index (χ2v) is 5.21. The summed E-state index contributed by atoms with van der Waals surface area (Å²) in [5, 5.41) is 11.6. The van der Waals surface area contributed by atoms with Crippen molar-refractivity contribution in [1.29, 1.82) is 0 Å². The summed E-state index contributed by atoms with van der Waals surface area (Å²) in [5.74, 6) is -1.43. The molecule has 0 aromatic heterocycles. The molecule has 0 aromatic carbocycles. The van der Waals surface area contributed by atoms with E-state index in [4.69, 9.17) is 5.11 Å². The number of carboxylic acids is 1. The van der Waals surface area contributed by atoms with Crippen molar-refractivity contribution in [2.75, 3.05) is 33.2 Å². The fraction of sp³-hybridized carbons (Fsp3) is 0.846. The summed E-state index contributed by atoms with van der Waals surface area (Å²) in [4.78, 5) is 26.3. The highest BCUT2D eigenvalue weighted by molar-refractivity contribution is 5.75. The molecule has 2 N–H and O–H groups in total. The Labute approximate surface area is 114 Å². The van der Waals surface area contributed by atoms with E-state index in [0.717, 1.165) is 13.1 Å². The van der Waals surface area contributed by atoms with E-state index in [-0.39, 0.29) is 12.6 Å². The molecule has 1 fully saturated rings. The number of hydrogen-bond donors (Lipinski definition) is 2. The number of carbonyl (C=O) groups is 2. The Morgan fingerprint density at radius 1 is 1.42 bits per heavy atom. The van der Waals surface area contributed by atoms with Gasteiger partial charge < -0.3 is 15.3 Å². The van der Waals surface area contributed by atoms with Crippen molar-refractivity contribution in [2.45, 2.75) is 32.7 Å². The Hall–Kier alpha value is -1.30. The van der Waals surface area contributed by atoms with Gasteiger partial charge in [-0.3, -0.25) is 9.69 Å². The van der Waals surface area contributed by atoms with Crippen LogP contribution in [0.4, 0.5) is 4.79 Å². The molecule has 0 aromatic rings. The number of hydrogen-bond acceptors (Lipinski definition) is 3. The highest BCUT2D eigenvalue weighted by Gasteiger charge is 2.27. The van der Waals surface area contributed by atoms with Crippen LogP contribution in [0.5, 0.6) is 0 Å². The molecule has 0 heterocycles. The van der Waals surface area contributed by atoms with Gasteiger partial charge in [-0.05, 0) is 19.4 Å². The zero-order chi connectivity index (χ0) is 14.4. The van der Waals surface area contributed by atoms with E-state index in [1.165, 1.54) is 17.7 Å². The summed E-state index contributed by atoms with van der Waals surface area (Å²) in [7, 11) is 1.62. The molecule has 1 aliphatic carbocycles. The SMILES string of the molecule is CCN(CCNC(=O)N(C)CC(C)C(=O)O)C1CC1. The number of likely N-dealkylation sites (N-methyl/N-ethyl adjacent to an activating group) is 1. The van der Waals surface area contributed by atoms with E-state index < -0.39 is 11.9 Å². The van der Waals surface area contributed by atoms with Gasteiger partial charge in [0.25, 0.3) is 0 Å². The maximum Gasteiger partial charge on any atom is 0.317 e. The Morgan fingerprint density at radius 3 is 2.53 bits per heavy atom. The quantitative estimate of drug-likeness (QED) is 0.686. The molecule has 0 bridgehead atoms. The summed E-state index contributed by atoms with van der Waals surface area (Å²) < 4.78 is 0. The van der Waals surface area contributed by atoms with Gasteiger partial charge in [0.05, 0.1) is 5.92 Å². The second-order valence-electron chi connectivity index (χ2n) is 5.21. The third-order valence-electron chi connectivity index (χ3n) is 3.46. The minimum Gasteiger partial charge on any atom is -0.481 e. The van der Waals surface area contributed by atoms with Crippen LogP contribution in [-0.4, -0.2) is 66.2 Å². The molecule has 0 spiro atoms. The summed E-state index contributed by atoms with van der Waals surface area (Å²) in [6.45, 7) is 6.41. The third kappa shape index (κ3) is 5.46. The number of nitrogens with one attached hydrogen (secondary N) is 1. The van der Waals surface area contributed by atoms with Crippen LogP contribution in [0.3, 0.4) is 0 Å². The van der Waals surface area contributed by atoms with Gasteiger partial charge in [-0.25, -0.2) is 4.79 Å². The molecular weight excluding hydrogens is 246 g/mol. The summed E-state index contributed by atoms with van der Waals surface area (Å²) in [6.07, 6.45) is 2.52. The molecular formula is C13H25N3O3. The Bertz CT molecular complexity index is 318. The lowest BCUT2D eigenvalue weighted by molar-refractivity contribution is -0.141. The van der Waals surface area contributed by atoms with Gasteiger partial charge in [0.1, 0.15) is 0 Å². The van der Waals surface area contributed by atoms with E-state index in [0.29, 0.717) is 12.6 Å². The molecule has 0 saturated heterocycles. The smallest absolute Gasteiger partial charge is 0.317 e. The van der Waals surface area contributed by atoms with Crippen LogP contribution in [-0.2, 0) is 4.79 Å². The van der Waals surface area contributed by atoms with Crippen LogP contribution in [0.25, 0.3) is 0 Å². The van der Waals surface area contributed by atoms with Gasteiger partial charge in [0.15, 0.2) is 0 Å². The number of rotatable bonds is 8. The topological polar surface area (TPSA) is 72.9 Å². The summed E-state index contributed by atoms with van der Waals surface area (Å²) in [5.41, 5.74) is 0. The predicted molar refractivity (Wildman–Crippen MR) is 73.1 cm³/mol. The van der Waals surface area contributed by atoms with Gasteiger partial charge in [-0.15, -0.1) is 0 Å². The molecule has 0 aliphatic heterocycles. The molecule has 110 valence electrons. The number of nitrogens with zero attached hydrogens (tertiary/aromatic N) is 2. The molecule has 2 amide bonds. The lowest BCUT2D eigenvalue weighted by Crippen LogP contribution is -2.43. The molecule has 6 heteroatoms. The van der Waals surface area contributed by atoms with Crippen molar-refractivity contribution in [1.82, 2.24) is 15.1 Å². The lowest BCUT2D eigenvalue weighted by Gasteiger charge is -2.23. The largest absolute Gasteiger partial charge is 0.481 e. The van der Waals surface area contributed by atoms with Crippen molar-refractivity contribution >= 4 is 12.0 Å². The van der Waals surface area contributed by atoms with Gasteiger partial charge in [0, 0.05) is 32.7 Å². The highest BCUT2D eigenvalue weighted by atomic mass is 16.4. The molecule has 19 heavy (non-hydrogen) atoms. The first kappa shape index (κ1) is 15.8. The minimum atomic E-state index is -0.884. The monoisotopic (exact) mass is 271 g/mol. The molecule has 1 unspecified atom stereocenters. The number of amides is 2. The van der Waals surface area contributed by atoms with Gasteiger partial charge in [0.2, 0.25) is 0 Å². The Kier molecular flexibility index (Phi) is 6.08. The zero-order valence-electron chi connectivity index (χ0n) is 12.1. The van der Waals surface area contributed by atoms with Crippen molar-refractivity contribution in [3.8, 4) is 0 Å². The fourth-order valence-electron chi connectivity index (χ4n) is 2.05. The molecule has 1 atom stereocenters. The molecule has 1 rings (SSSR count). The van der Waals surface area contributed by atoms with E-state index in [1.54, 1.807) is 14.0 Å². The van der Waals surface area contributed by atoms with Crippen LogP contribution >= 0.6 is 0 Å². The highest BCUT2D eigenvalue weighted by Crippen LogP contribution is 2.25.